The first-order valence-corrected chi connectivity index (χ1v) is 4.07. The van der Waals surface area contributed by atoms with E-state index in [-0.39, 0.29) is 0 Å². The standard InChI is InChI=1S/C8H15N/c1-9-8-4-7(5-8)6-2-3-6/h6-9H,2-5H2,1H3. The lowest BCUT2D eigenvalue weighted by molar-refractivity contribution is 0.206. The Balaban J connectivity index is 1.71. The lowest BCUT2D eigenvalue weighted by Crippen LogP contribution is -2.39. The highest BCUT2D eigenvalue weighted by Crippen LogP contribution is 2.46. The number of nitrogens with one attached hydrogen (secondary N) is 1. The molecule has 0 aromatic heterocycles. The molecule has 0 aromatic rings. The van der Waals surface area contributed by atoms with Crippen LogP contribution >= 0.6 is 0 Å². The largest absolute Gasteiger partial charge is 0.317 e. The molecule has 0 bridgehead atoms. The second-order valence-electron chi connectivity index (χ2n) is 3.55. The van der Waals surface area contributed by atoms with Crippen molar-refractivity contribution in [2.45, 2.75) is 31.7 Å². The summed E-state index contributed by atoms with van der Waals surface area (Å²) in [5.74, 6) is 2.26. The Kier molecular flexibility index (Phi) is 1.26. The van der Waals surface area contributed by atoms with E-state index in [4.69, 9.17) is 0 Å². The van der Waals surface area contributed by atoms with Gasteiger partial charge in [0.25, 0.3) is 0 Å². The van der Waals surface area contributed by atoms with Gasteiger partial charge in [0, 0.05) is 6.04 Å². The molecule has 0 atom stereocenters. The van der Waals surface area contributed by atoms with E-state index in [1.165, 1.54) is 25.7 Å². The van der Waals surface area contributed by atoms with E-state index in [0.717, 1.165) is 17.9 Å². The van der Waals surface area contributed by atoms with Gasteiger partial charge in [0.05, 0.1) is 0 Å². The van der Waals surface area contributed by atoms with Gasteiger partial charge in [0.2, 0.25) is 0 Å². The van der Waals surface area contributed by atoms with Crippen LogP contribution in [0.3, 0.4) is 0 Å². The molecule has 2 saturated carbocycles. The third kappa shape index (κ3) is 0.983. The summed E-state index contributed by atoms with van der Waals surface area (Å²) >= 11 is 0. The Morgan fingerprint density at radius 1 is 1.11 bits per heavy atom. The van der Waals surface area contributed by atoms with Gasteiger partial charge >= 0.3 is 0 Å². The van der Waals surface area contributed by atoms with Crippen molar-refractivity contribution < 1.29 is 0 Å². The molecule has 9 heavy (non-hydrogen) atoms. The Hall–Kier alpha value is -0.0400. The molecule has 0 aromatic carbocycles. The second kappa shape index (κ2) is 1.98. The van der Waals surface area contributed by atoms with Crippen LogP contribution in [0.1, 0.15) is 25.7 Å². The molecule has 0 amide bonds. The summed E-state index contributed by atoms with van der Waals surface area (Å²) in [5, 5.41) is 3.31. The van der Waals surface area contributed by atoms with Crippen molar-refractivity contribution in [3.8, 4) is 0 Å². The molecular weight excluding hydrogens is 110 g/mol. The summed E-state index contributed by atoms with van der Waals surface area (Å²) in [7, 11) is 2.08. The molecule has 0 spiro atoms. The highest BCUT2D eigenvalue weighted by Gasteiger charge is 2.39. The summed E-state index contributed by atoms with van der Waals surface area (Å²) in [5.41, 5.74) is 0. The van der Waals surface area contributed by atoms with Crippen LogP contribution < -0.4 is 5.32 Å². The minimum absolute atomic E-state index is 0.871. The Bertz CT molecular complexity index is 101. The van der Waals surface area contributed by atoms with E-state index in [1.54, 1.807) is 0 Å². The summed E-state index contributed by atoms with van der Waals surface area (Å²) in [6.07, 6.45) is 5.98. The van der Waals surface area contributed by atoms with Gasteiger partial charge < -0.3 is 5.32 Å². The molecule has 0 aliphatic heterocycles. The molecule has 2 fully saturated rings. The predicted molar refractivity (Wildman–Crippen MR) is 38.3 cm³/mol. The van der Waals surface area contributed by atoms with Gasteiger partial charge in [0.15, 0.2) is 0 Å². The van der Waals surface area contributed by atoms with E-state index < -0.39 is 0 Å². The van der Waals surface area contributed by atoms with Crippen LogP contribution in [0.15, 0.2) is 0 Å². The zero-order valence-electron chi connectivity index (χ0n) is 6.06. The van der Waals surface area contributed by atoms with Crippen molar-refractivity contribution in [1.82, 2.24) is 5.32 Å². The molecular formula is C8H15N. The zero-order valence-corrected chi connectivity index (χ0v) is 6.06. The smallest absolute Gasteiger partial charge is 0.00695 e. The topological polar surface area (TPSA) is 12.0 Å². The molecule has 52 valence electrons. The van der Waals surface area contributed by atoms with Gasteiger partial charge in [0.1, 0.15) is 0 Å². The lowest BCUT2D eigenvalue weighted by atomic mass is 9.77. The van der Waals surface area contributed by atoms with Crippen molar-refractivity contribution in [1.29, 1.82) is 0 Å². The molecule has 2 aliphatic carbocycles. The maximum absolute atomic E-state index is 3.31. The average Bonchev–Trinajstić information content (AvgIpc) is 2.46. The Morgan fingerprint density at radius 2 is 1.78 bits per heavy atom. The predicted octanol–water partition coefficient (Wildman–Crippen LogP) is 1.39. The average molecular weight is 125 g/mol. The van der Waals surface area contributed by atoms with Crippen LogP contribution in [0.2, 0.25) is 0 Å². The fourth-order valence-corrected chi connectivity index (χ4v) is 1.85. The van der Waals surface area contributed by atoms with Crippen LogP contribution in [-0.4, -0.2) is 13.1 Å². The number of hydrogen-bond donors (Lipinski definition) is 1. The highest BCUT2D eigenvalue weighted by atomic mass is 14.9. The second-order valence-corrected chi connectivity index (χ2v) is 3.55. The minimum atomic E-state index is 0.871. The van der Waals surface area contributed by atoms with Crippen molar-refractivity contribution in [2.75, 3.05) is 7.05 Å². The Labute approximate surface area is 56.8 Å². The maximum atomic E-state index is 3.31. The Morgan fingerprint density at radius 3 is 2.22 bits per heavy atom. The van der Waals surface area contributed by atoms with Gasteiger partial charge in [-0.2, -0.15) is 0 Å². The van der Waals surface area contributed by atoms with Crippen LogP contribution in [-0.2, 0) is 0 Å². The molecule has 1 heteroatoms. The first-order chi connectivity index (χ1) is 4.40. The monoisotopic (exact) mass is 125 g/mol. The van der Waals surface area contributed by atoms with Crippen molar-refractivity contribution in [3.63, 3.8) is 0 Å². The molecule has 2 rings (SSSR count). The van der Waals surface area contributed by atoms with Crippen molar-refractivity contribution in [3.05, 3.63) is 0 Å². The molecule has 2 aliphatic rings. The first kappa shape index (κ1) is 5.72. The van der Waals surface area contributed by atoms with Crippen LogP contribution in [0.5, 0.6) is 0 Å². The third-order valence-corrected chi connectivity index (χ3v) is 2.87. The fourth-order valence-electron chi connectivity index (χ4n) is 1.85. The quantitative estimate of drug-likeness (QED) is 0.588. The number of rotatable bonds is 2. The van der Waals surface area contributed by atoms with Crippen molar-refractivity contribution >= 4 is 0 Å². The van der Waals surface area contributed by atoms with E-state index in [0.29, 0.717) is 0 Å². The van der Waals surface area contributed by atoms with Gasteiger partial charge in [-0.15, -0.1) is 0 Å². The summed E-state index contributed by atoms with van der Waals surface area (Å²) in [4.78, 5) is 0. The number of hydrogen-bond acceptors (Lipinski definition) is 1. The molecule has 1 N–H and O–H groups in total. The summed E-state index contributed by atoms with van der Waals surface area (Å²) in [6.45, 7) is 0. The molecule has 0 radical (unpaired) electrons. The normalized spacial score (nSPS) is 42.3. The van der Waals surface area contributed by atoms with E-state index in [9.17, 15) is 0 Å². The molecule has 0 heterocycles. The zero-order chi connectivity index (χ0) is 6.27. The van der Waals surface area contributed by atoms with Gasteiger partial charge in [-0.25, -0.2) is 0 Å². The molecule has 0 saturated heterocycles. The maximum Gasteiger partial charge on any atom is 0.00695 e. The minimum Gasteiger partial charge on any atom is -0.317 e. The van der Waals surface area contributed by atoms with Gasteiger partial charge in [-0.1, -0.05) is 0 Å². The van der Waals surface area contributed by atoms with E-state index >= 15 is 0 Å². The molecule has 0 unspecified atom stereocenters. The SMILES string of the molecule is CNC1CC(C2CC2)C1. The van der Waals surface area contributed by atoms with Gasteiger partial charge in [-0.05, 0) is 44.6 Å². The van der Waals surface area contributed by atoms with Crippen molar-refractivity contribution in [2.24, 2.45) is 11.8 Å². The first-order valence-electron chi connectivity index (χ1n) is 4.07. The van der Waals surface area contributed by atoms with Gasteiger partial charge in [-0.3, -0.25) is 0 Å². The van der Waals surface area contributed by atoms with Crippen LogP contribution in [0, 0.1) is 11.8 Å². The summed E-state index contributed by atoms with van der Waals surface area (Å²) in [6, 6.07) is 0.871. The van der Waals surface area contributed by atoms with Crippen LogP contribution in [0.25, 0.3) is 0 Å². The van der Waals surface area contributed by atoms with E-state index in [2.05, 4.69) is 12.4 Å². The highest BCUT2D eigenvalue weighted by molar-refractivity contribution is 4.93. The summed E-state index contributed by atoms with van der Waals surface area (Å²) < 4.78 is 0. The fraction of sp³-hybridized carbons (Fsp3) is 1.00. The lowest BCUT2D eigenvalue weighted by Gasteiger charge is -2.35. The van der Waals surface area contributed by atoms with Crippen LogP contribution in [0.4, 0.5) is 0 Å². The van der Waals surface area contributed by atoms with E-state index in [1.807, 2.05) is 0 Å². The third-order valence-electron chi connectivity index (χ3n) is 2.87. The molecule has 1 nitrogen and oxygen atoms in total.